The molecule has 0 radical (unpaired) electrons. The number of alkyl carbamates (subject to hydrolysis) is 1. The zero-order chi connectivity index (χ0) is 37.6. The minimum Gasteiger partial charge on any atom is -0.447 e. The van der Waals surface area contributed by atoms with Crippen LogP contribution in [0.4, 0.5) is 18.0 Å². The second kappa shape index (κ2) is 13.6. The van der Waals surface area contributed by atoms with Gasteiger partial charge in [0.25, 0.3) is 5.91 Å². The Morgan fingerprint density at radius 2 is 1.98 bits per heavy atom. The van der Waals surface area contributed by atoms with Crippen LogP contribution < -0.4 is 11.1 Å². The Bertz CT molecular complexity index is 1950. The molecule has 2 aliphatic carbocycles. The summed E-state index contributed by atoms with van der Waals surface area (Å²) in [4.78, 5) is 37.9. The number of rotatable bonds is 12. The van der Waals surface area contributed by atoms with Crippen molar-refractivity contribution < 1.29 is 27.5 Å². The zero-order valence-electron chi connectivity index (χ0n) is 29.3. The molecule has 16 heteroatoms. The molecule has 2 atom stereocenters. The maximum absolute atomic E-state index is 14.9. The van der Waals surface area contributed by atoms with Gasteiger partial charge in [-0.25, -0.2) is 14.8 Å². The summed E-state index contributed by atoms with van der Waals surface area (Å²) in [7, 11) is 0. The molecule has 0 bridgehead atoms. The lowest BCUT2D eigenvalue weighted by atomic mass is 9.75. The summed E-state index contributed by atoms with van der Waals surface area (Å²) < 4.78 is 48.3. The van der Waals surface area contributed by atoms with Crippen molar-refractivity contribution in [1.29, 1.82) is 0 Å². The van der Waals surface area contributed by atoms with Crippen LogP contribution in [0, 0.1) is 5.41 Å². The van der Waals surface area contributed by atoms with Crippen LogP contribution in [0.3, 0.4) is 0 Å². The molecular formula is C36H41ClF3N9O3. The van der Waals surface area contributed by atoms with E-state index < -0.39 is 47.3 Å². The van der Waals surface area contributed by atoms with Gasteiger partial charge < -0.3 is 15.8 Å². The Kier molecular flexibility index (Phi) is 9.62. The SMILES string of the molecule is C=C(/C=C\C(=C/C)c1cnn(C2CC2)c1)[C@@]1(CC(C)(C)C)N=C(N)N([C@H](COC(=O)NC2(C(F)(F)F)CC2)c2ccc(Cl)c(-c3ncn[nH]3)c2)C1=O. The molecule has 2 amide bonds. The van der Waals surface area contributed by atoms with Crippen LogP contribution in [0.2, 0.25) is 5.02 Å². The molecule has 6 rings (SSSR count). The van der Waals surface area contributed by atoms with Crippen molar-refractivity contribution in [3.05, 3.63) is 83.4 Å². The van der Waals surface area contributed by atoms with Gasteiger partial charge in [-0.3, -0.25) is 19.5 Å². The molecule has 3 aliphatic rings. The predicted octanol–water partition coefficient (Wildman–Crippen LogP) is 7.07. The van der Waals surface area contributed by atoms with Gasteiger partial charge in [0.2, 0.25) is 0 Å². The molecule has 276 valence electrons. The van der Waals surface area contributed by atoms with Gasteiger partial charge in [-0.2, -0.15) is 23.4 Å². The number of aromatic nitrogens is 5. The van der Waals surface area contributed by atoms with Crippen LogP contribution in [0.25, 0.3) is 17.0 Å². The summed E-state index contributed by atoms with van der Waals surface area (Å²) in [5, 5.41) is 13.4. The van der Waals surface area contributed by atoms with Crippen LogP contribution in [0.15, 0.2) is 72.3 Å². The number of benzene rings is 1. The third-order valence-corrected chi connectivity index (χ3v) is 9.77. The number of amides is 2. The fraction of sp³-hybridized carbons (Fsp3) is 0.444. The van der Waals surface area contributed by atoms with Crippen molar-refractivity contribution >= 4 is 35.1 Å². The van der Waals surface area contributed by atoms with Gasteiger partial charge in [0.05, 0.1) is 23.3 Å². The minimum atomic E-state index is -4.65. The van der Waals surface area contributed by atoms with E-state index in [1.807, 2.05) is 56.0 Å². The Labute approximate surface area is 304 Å². The summed E-state index contributed by atoms with van der Waals surface area (Å²) in [6, 6.07) is 4.06. The molecular weight excluding hydrogens is 699 g/mol. The smallest absolute Gasteiger partial charge is 0.411 e. The number of hydrogen-bond acceptors (Lipinski definition) is 8. The van der Waals surface area contributed by atoms with Crippen molar-refractivity contribution in [2.45, 2.75) is 89.1 Å². The number of hydrogen-bond donors (Lipinski definition) is 3. The number of halogens is 4. The molecule has 12 nitrogen and oxygen atoms in total. The second-order valence-corrected chi connectivity index (χ2v) is 15.1. The Morgan fingerprint density at radius 3 is 2.58 bits per heavy atom. The first-order valence-electron chi connectivity index (χ1n) is 16.9. The van der Waals surface area contributed by atoms with E-state index in [-0.39, 0.29) is 25.2 Å². The Morgan fingerprint density at radius 1 is 1.25 bits per heavy atom. The third-order valence-electron chi connectivity index (χ3n) is 9.44. The monoisotopic (exact) mass is 739 g/mol. The summed E-state index contributed by atoms with van der Waals surface area (Å²) >= 11 is 6.51. The molecule has 2 aromatic heterocycles. The van der Waals surface area contributed by atoms with E-state index in [0.717, 1.165) is 24.0 Å². The highest BCUT2D eigenvalue weighted by molar-refractivity contribution is 6.33. The molecule has 0 saturated heterocycles. The van der Waals surface area contributed by atoms with E-state index in [1.54, 1.807) is 30.5 Å². The van der Waals surface area contributed by atoms with Crippen molar-refractivity contribution in [2.75, 3.05) is 6.61 Å². The maximum Gasteiger partial charge on any atom is 0.411 e. The summed E-state index contributed by atoms with van der Waals surface area (Å²) in [6.45, 7) is 11.5. The average molecular weight is 740 g/mol. The van der Waals surface area contributed by atoms with Gasteiger partial charge in [-0.15, -0.1) is 0 Å². The number of nitrogens with zero attached hydrogens (tertiary/aromatic N) is 6. The lowest BCUT2D eigenvalue weighted by molar-refractivity contribution is -0.164. The van der Waals surface area contributed by atoms with E-state index in [4.69, 9.17) is 27.1 Å². The van der Waals surface area contributed by atoms with Gasteiger partial charge in [-0.05, 0) is 73.3 Å². The second-order valence-electron chi connectivity index (χ2n) is 14.7. The molecule has 0 spiro atoms. The van der Waals surface area contributed by atoms with Crippen LogP contribution in [-0.4, -0.2) is 71.7 Å². The fourth-order valence-corrected chi connectivity index (χ4v) is 6.60. The van der Waals surface area contributed by atoms with Crippen molar-refractivity contribution in [1.82, 2.24) is 35.2 Å². The van der Waals surface area contributed by atoms with Crippen LogP contribution in [-0.2, 0) is 9.53 Å². The van der Waals surface area contributed by atoms with E-state index in [0.29, 0.717) is 33.6 Å². The average Bonchev–Trinajstić information content (AvgIpc) is 3.93. The van der Waals surface area contributed by atoms with Crippen molar-refractivity contribution in [3.63, 3.8) is 0 Å². The molecule has 1 aromatic carbocycles. The number of nitrogens with one attached hydrogen (secondary N) is 2. The van der Waals surface area contributed by atoms with Gasteiger partial charge in [0, 0.05) is 17.3 Å². The number of guanidine groups is 1. The highest BCUT2D eigenvalue weighted by Gasteiger charge is 2.64. The number of aliphatic imine (C=N–C) groups is 1. The van der Waals surface area contributed by atoms with Crippen LogP contribution in [0.1, 0.15) is 83.0 Å². The van der Waals surface area contributed by atoms with Gasteiger partial charge in [0.1, 0.15) is 18.5 Å². The number of allylic oxidation sites excluding steroid dienone is 3. The number of carbonyl (C=O) groups excluding carboxylic acids is 2. The topological polar surface area (TPSA) is 156 Å². The summed E-state index contributed by atoms with van der Waals surface area (Å²) in [5.41, 5.74) is 5.17. The Balaban J connectivity index is 1.34. The van der Waals surface area contributed by atoms with Crippen LogP contribution >= 0.6 is 11.6 Å². The number of nitrogens with two attached hydrogens (primary N) is 1. The quantitative estimate of drug-likeness (QED) is 0.168. The summed E-state index contributed by atoms with van der Waals surface area (Å²) in [5.74, 6) is -0.403. The van der Waals surface area contributed by atoms with E-state index >= 15 is 0 Å². The Hall–Kier alpha value is -4.92. The largest absolute Gasteiger partial charge is 0.447 e. The highest BCUT2D eigenvalue weighted by atomic mass is 35.5. The molecule has 2 saturated carbocycles. The molecule has 1 aliphatic heterocycles. The number of aromatic amines is 1. The van der Waals surface area contributed by atoms with Gasteiger partial charge in [-0.1, -0.05) is 63.2 Å². The predicted molar refractivity (Wildman–Crippen MR) is 190 cm³/mol. The van der Waals surface area contributed by atoms with E-state index in [9.17, 15) is 22.8 Å². The lowest BCUT2D eigenvalue weighted by Crippen LogP contribution is -2.50. The van der Waals surface area contributed by atoms with Gasteiger partial charge >= 0.3 is 12.3 Å². The van der Waals surface area contributed by atoms with Crippen molar-refractivity contribution in [2.24, 2.45) is 16.1 Å². The van der Waals surface area contributed by atoms with Crippen molar-refractivity contribution in [3.8, 4) is 11.4 Å². The first kappa shape index (κ1) is 36.9. The third kappa shape index (κ3) is 7.36. The number of carbonyl (C=O) groups is 2. The van der Waals surface area contributed by atoms with E-state index in [2.05, 4.69) is 26.9 Å². The molecule has 3 heterocycles. The summed E-state index contributed by atoms with van der Waals surface area (Å²) in [6.07, 6.45) is 6.53. The molecule has 2 fully saturated rings. The minimum absolute atomic E-state index is 0.181. The standard InChI is InChI=1S/C36H41ClF3N9O3/c1-6-22(24-16-44-48(17-24)25-10-11-25)8-7-21(2)35(19-33(3,4)5)30(50)49(31(41)45-35)28(18-52-32(51)46-34(13-14-34)36(38,39)40)23-9-12-27(37)26(15-23)29-42-20-43-47-29/h6-9,12,15-17,20,25,28H,2,10-11,13-14,18-19H2,1,3-5H3,(H2,41,45)(H,46,51)(H,42,43,47)/b8-7-,22-6+/t28-,35-/m1/s1. The lowest BCUT2D eigenvalue weighted by Gasteiger charge is -2.35. The zero-order valence-corrected chi connectivity index (χ0v) is 30.1. The molecule has 0 unspecified atom stereocenters. The first-order valence-corrected chi connectivity index (χ1v) is 17.3. The van der Waals surface area contributed by atoms with E-state index in [1.165, 1.54) is 11.2 Å². The number of H-pyrrole nitrogens is 1. The molecule has 3 aromatic rings. The number of alkyl halides is 3. The highest BCUT2D eigenvalue weighted by Crippen LogP contribution is 2.49. The molecule has 52 heavy (non-hydrogen) atoms. The van der Waals surface area contributed by atoms with Gasteiger partial charge in [0.15, 0.2) is 17.3 Å². The fourth-order valence-electron chi connectivity index (χ4n) is 6.40. The normalized spacial score (nSPS) is 21.0. The van der Waals surface area contributed by atoms with Crippen LogP contribution in [0.5, 0.6) is 0 Å². The maximum atomic E-state index is 14.9. The molecule has 4 N–H and O–H groups in total. The first-order chi connectivity index (χ1) is 24.5. The number of ether oxygens (including phenoxy) is 1.